The molecular weight excluding hydrogens is 327 g/mol. The van der Waals surface area contributed by atoms with E-state index in [1.165, 1.54) is 0 Å². The largest absolute Gasteiger partial charge is 0.424 e. The highest BCUT2D eigenvalue weighted by molar-refractivity contribution is 6.45. The monoisotopic (exact) mass is 340 g/mol. The molecule has 0 spiro atoms. The highest BCUT2D eigenvalue weighted by Gasteiger charge is 2.22. The first-order valence-corrected chi connectivity index (χ1v) is 7.56. The van der Waals surface area contributed by atoms with Crippen molar-refractivity contribution in [3.05, 3.63) is 34.3 Å². The van der Waals surface area contributed by atoms with E-state index in [0.29, 0.717) is 10.8 Å². The molecule has 2 rings (SSSR count). The molecule has 0 bridgehead atoms. The summed E-state index contributed by atoms with van der Waals surface area (Å²) in [6, 6.07) is 6.97. The van der Waals surface area contributed by atoms with E-state index in [4.69, 9.17) is 32.7 Å². The van der Waals surface area contributed by atoms with Gasteiger partial charge in [-0.05, 0) is 0 Å². The molecule has 0 aliphatic heterocycles. The lowest BCUT2D eigenvalue weighted by Crippen LogP contribution is -2.09. The van der Waals surface area contributed by atoms with Crippen molar-refractivity contribution in [1.82, 2.24) is 0 Å². The molecule has 0 unspecified atom stereocenters. The van der Waals surface area contributed by atoms with Gasteiger partial charge in [0.2, 0.25) is 0 Å². The third kappa shape index (κ3) is 3.18. The Labute approximate surface area is 137 Å². The highest BCUT2D eigenvalue weighted by atomic mass is 35.5. The van der Waals surface area contributed by atoms with Crippen LogP contribution in [0.15, 0.2) is 24.3 Å². The maximum Gasteiger partial charge on any atom is 0.310 e. The van der Waals surface area contributed by atoms with Gasteiger partial charge in [0.05, 0.1) is 0 Å². The smallest absolute Gasteiger partial charge is 0.310 e. The molecule has 6 heteroatoms. The van der Waals surface area contributed by atoms with Crippen LogP contribution in [0.1, 0.15) is 26.7 Å². The predicted molar refractivity (Wildman–Crippen MR) is 85.8 cm³/mol. The van der Waals surface area contributed by atoms with Crippen LogP contribution in [0.4, 0.5) is 0 Å². The number of esters is 2. The second-order valence-electron chi connectivity index (χ2n) is 4.49. The van der Waals surface area contributed by atoms with Crippen molar-refractivity contribution in [3.63, 3.8) is 0 Å². The Balaban J connectivity index is 2.69. The minimum absolute atomic E-state index is 0.0427. The van der Waals surface area contributed by atoms with E-state index in [0.717, 1.165) is 0 Å². The quantitative estimate of drug-likeness (QED) is 0.593. The van der Waals surface area contributed by atoms with Crippen LogP contribution in [0.2, 0.25) is 10.0 Å². The molecule has 0 N–H and O–H groups in total. The van der Waals surface area contributed by atoms with E-state index in [1.54, 1.807) is 38.1 Å². The highest BCUT2D eigenvalue weighted by Crippen LogP contribution is 2.46. The average Bonchev–Trinajstić information content (AvgIpc) is 2.54. The van der Waals surface area contributed by atoms with Gasteiger partial charge in [0, 0.05) is 23.6 Å². The molecule has 4 nitrogen and oxygen atoms in total. The Bertz CT molecular complexity index is 678. The van der Waals surface area contributed by atoms with E-state index in [-0.39, 0.29) is 34.4 Å². The molecule has 0 aliphatic carbocycles. The molecular formula is C16H14Cl2O4. The van der Waals surface area contributed by atoms with Crippen LogP contribution in [0.25, 0.3) is 10.8 Å². The van der Waals surface area contributed by atoms with Crippen molar-refractivity contribution < 1.29 is 19.1 Å². The summed E-state index contributed by atoms with van der Waals surface area (Å²) in [5.74, 6) is -0.515. The van der Waals surface area contributed by atoms with Crippen LogP contribution >= 0.6 is 23.2 Å². The molecule has 0 aromatic heterocycles. The Kier molecular flexibility index (Phi) is 5.27. The second kappa shape index (κ2) is 6.99. The molecule has 0 saturated heterocycles. The number of ether oxygens (including phenoxy) is 2. The number of fused-ring (bicyclic) bond motifs is 1. The lowest BCUT2D eigenvalue weighted by atomic mass is 10.1. The van der Waals surface area contributed by atoms with Crippen molar-refractivity contribution in [2.75, 3.05) is 0 Å². The number of carbonyl (C=O) groups is 2. The summed E-state index contributed by atoms with van der Waals surface area (Å²) in [7, 11) is 0. The Hall–Kier alpha value is -1.78. The number of hydrogen-bond donors (Lipinski definition) is 0. The zero-order valence-electron chi connectivity index (χ0n) is 12.1. The third-order valence-corrected chi connectivity index (χ3v) is 3.83. The first kappa shape index (κ1) is 16.6. The van der Waals surface area contributed by atoms with Gasteiger partial charge in [0.15, 0.2) is 11.5 Å². The van der Waals surface area contributed by atoms with Crippen molar-refractivity contribution >= 4 is 45.9 Å². The standard InChI is InChI=1S/C16H14Cl2O4/c1-3-11(19)21-15-9-7-5-6-8-10(9)16(14(18)13(15)17)22-12(20)4-2/h5-8H,3-4H2,1-2H3. The first-order valence-electron chi connectivity index (χ1n) is 6.80. The number of rotatable bonds is 4. The van der Waals surface area contributed by atoms with E-state index in [9.17, 15) is 9.59 Å². The second-order valence-corrected chi connectivity index (χ2v) is 5.24. The van der Waals surface area contributed by atoms with Gasteiger partial charge in [-0.1, -0.05) is 61.3 Å². The molecule has 0 fully saturated rings. The maximum atomic E-state index is 11.6. The maximum absolute atomic E-state index is 11.6. The molecule has 116 valence electrons. The molecule has 0 aliphatic rings. The molecule has 0 atom stereocenters. The summed E-state index contributed by atoms with van der Waals surface area (Å²) in [4.78, 5) is 23.2. The average molecular weight is 341 g/mol. The molecule has 2 aromatic rings. The van der Waals surface area contributed by atoms with Gasteiger partial charge in [-0.25, -0.2) is 0 Å². The molecule has 2 aromatic carbocycles. The van der Waals surface area contributed by atoms with Crippen LogP contribution < -0.4 is 9.47 Å². The molecule has 0 amide bonds. The summed E-state index contributed by atoms with van der Waals surface area (Å²) in [6.45, 7) is 3.36. The lowest BCUT2D eigenvalue weighted by Gasteiger charge is -2.15. The fourth-order valence-electron chi connectivity index (χ4n) is 1.89. The Morgan fingerprint density at radius 3 is 1.55 bits per heavy atom. The van der Waals surface area contributed by atoms with Crippen molar-refractivity contribution in [2.45, 2.75) is 26.7 Å². The van der Waals surface area contributed by atoms with Crippen LogP contribution in [-0.4, -0.2) is 11.9 Å². The van der Waals surface area contributed by atoms with Gasteiger partial charge in [0.1, 0.15) is 10.0 Å². The summed E-state index contributed by atoms with van der Waals surface area (Å²) < 4.78 is 10.6. The number of carbonyl (C=O) groups excluding carboxylic acids is 2. The summed E-state index contributed by atoms with van der Waals surface area (Å²) in [5, 5.41) is 1.19. The topological polar surface area (TPSA) is 52.6 Å². The van der Waals surface area contributed by atoms with Crippen molar-refractivity contribution in [3.8, 4) is 11.5 Å². The Morgan fingerprint density at radius 1 is 0.864 bits per heavy atom. The number of halogens is 2. The SMILES string of the molecule is CCC(=O)Oc1c(Cl)c(Cl)c(OC(=O)CC)c2ccccc12. The van der Waals surface area contributed by atoms with Gasteiger partial charge < -0.3 is 9.47 Å². The summed E-state index contributed by atoms with van der Waals surface area (Å²) in [6.07, 6.45) is 0.406. The molecule has 22 heavy (non-hydrogen) atoms. The van der Waals surface area contributed by atoms with Gasteiger partial charge in [-0.15, -0.1) is 0 Å². The van der Waals surface area contributed by atoms with Crippen molar-refractivity contribution in [1.29, 1.82) is 0 Å². The van der Waals surface area contributed by atoms with E-state index < -0.39 is 11.9 Å². The van der Waals surface area contributed by atoms with Crippen LogP contribution in [0, 0.1) is 0 Å². The van der Waals surface area contributed by atoms with Crippen LogP contribution in [-0.2, 0) is 9.59 Å². The van der Waals surface area contributed by atoms with Gasteiger partial charge in [0.25, 0.3) is 0 Å². The van der Waals surface area contributed by atoms with Gasteiger partial charge >= 0.3 is 11.9 Å². The Morgan fingerprint density at radius 2 is 1.23 bits per heavy atom. The van der Waals surface area contributed by atoms with Gasteiger partial charge in [-0.3, -0.25) is 9.59 Å². The number of benzene rings is 2. The van der Waals surface area contributed by atoms with E-state index >= 15 is 0 Å². The van der Waals surface area contributed by atoms with E-state index in [2.05, 4.69) is 0 Å². The fraction of sp³-hybridized carbons (Fsp3) is 0.250. The summed E-state index contributed by atoms with van der Waals surface area (Å²) in [5.41, 5.74) is 0. The minimum atomic E-state index is -0.429. The molecule has 0 radical (unpaired) electrons. The zero-order chi connectivity index (χ0) is 16.3. The predicted octanol–water partition coefficient (Wildman–Crippen LogP) is 4.78. The molecule has 0 saturated carbocycles. The normalized spacial score (nSPS) is 10.5. The van der Waals surface area contributed by atoms with Gasteiger partial charge in [-0.2, -0.15) is 0 Å². The third-order valence-electron chi connectivity index (χ3n) is 3.02. The minimum Gasteiger partial charge on any atom is -0.424 e. The van der Waals surface area contributed by atoms with Crippen molar-refractivity contribution in [2.24, 2.45) is 0 Å². The zero-order valence-corrected chi connectivity index (χ0v) is 13.6. The lowest BCUT2D eigenvalue weighted by molar-refractivity contribution is -0.135. The summed E-state index contributed by atoms with van der Waals surface area (Å²) >= 11 is 12.4. The van der Waals surface area contributed by atoms with Crippen LogP contribution in [0.3, 0.4) is 0 Å². The molecule has 0 heterocycles. The first-order chi connectivity index (χ1) is 10.5. The number of hydrogen-bond acceptors (Lipinski definition) is 4. The fourth-order valence-corrected chi connectivity index (χ4v) is 2.34. The van der Waals surface area contributed by atoms with E-state index in [1.807, 2.05) is 0 Å². The van der Waals surface area contributed by atoms with Crippen LogP contribution in [0.5, 0.6) is 11.5 Å².